The van der Waals surface area contributed by atoms with Gasteiger partial charge in [-0.25, -0.2) is 13.8 Å². The van der Waals surface area contributed by atoms with Gasteiger partial charge in [-0.15, -0.1) is 0 Å². The number of halogens is 1. The molecule has 114 valence electrons. The summed E-state index contributed by atoms with van der Waals surface area (Å²) in [6.07, 6.45) is -1.96. The molecule has 3 atom stereocenters. The second-order valence-electron chi connectivity index (χ2n) is 4.52. The highest BCUT2D eigenvalue weighted by Crippen LogP contribution is 2.37. The number of aliphatic imine (C=N–C) groups is 1. The fourth-order valence-corrected chi connectivity index (χ4v) is 2.41. The van der Waals surface area contributed by atoms with E-state index in [1.165, 1.54) is 0 Å². The molecule has 9 nitrogen and oxygen atoms in total. The average molecular weight is 311 g/mol. The molecule has 0 aliphatic carbocycles. The molecule has 11 heteroatoms. The number of nitrogens with zero attached hydrogens (tertiary/aromatic N) is 2. The fraction of sp³-hybridized carbons (Fsp3) is 0.778. The highest BCUT2D eigenvalue weighted by atomic mass is 31.2. The monoisotopic (exact) mass is 311 g/mol. The molecule has 1 saturated heterocycles. The van der Waals surface area contributed by atoms with E-state index in [0.717, 1.165) is 4.90 Å². The summed E-state index contributed by atoms with van der Waals surface area (Å²) in [4.78, 5) is 33.3. The van der Waals surface area contributed by atoms with E-state index in [0.29, 0.717) is 12.8 Å². The Morgan fingerprint density at radius 1 is 1.55 bits per heavy atom. The highest BCUT2D eigenvalue weighted by Gasteiger charge is 2.38. The van der Waals surface area contributed by atoms with Crippen molar-refractivity contribution in [2.75, 3.05) is 13.2 Å². The van der Waals surface area contributed by atoms with E-state index in [4.69, 9.17) is 20.3 Å². The Hall–Kier alpha value is -1.06. The molecule has 2 heterocycles. The van der Waals surface area contributed by atoms with Crippen LogP contribution in [0.4, 0.5) is 9.18 Å². The van der Waals surface area contributed by atoms with Crippen molar-refractivity contribution in [1.82, 2.24) is 4.90 Å². The summed E-state index contributed by atoms with van der Waals surface area (Å²) in [5.41, 5.74) is 5.23. The zero-order valence-electron chi connectivity index (χ0n) is 10.4. The molecule has 0 saturated carbocycles. The first kappa shape index (κ1) is 15.3. The van der Waals surface area contributed by atoms with Crippen LogP contribution >= 0.6 is 7.82 Å². The molecule has 2 rings (SSSR count). The van der Waals surface area contributed by atoms with Gasteiger partial charge >= 0.3 is 13.9 Å². The van der Waals surface area contributed by atoms with Crippen LogP contribution in [0.1, 0.15) is 12.8 Å². The van der Waals surface area contributed by atoms with E-state index >= 15 is 0 Å². The minimum atomic E-state index is -4.56. The van der Waals surface area contributed by atoms with Crippen LogP contribution < -0.4 is 5.73 Å². The van der Waals surface area contributed by atoms with E-state index in [9.17, 15) is 13.8 Å². The maximum absolute atomic E-state index is 13.4. The van der Waals surface area contributed by atoms with Gasteiger partial charge in [-0.1, -0.05) is 0 Å². The standard InChI is InChI=1S/C9H15FN3O6P/c10-6-3-13(9(14)12-8(6)11)7-2-1-5(19-7)4-18-20(15,16)17/h5-7H,1-4H2,(H2,11,12,14)(H2,15,16,17)/t5-,6?,7+/m1/s1. The van der Waals surface area contributed by atoms with Crippen molar-refractivity contribution in [3.05, 3.63) is 0 Å². The fourth-order valence-electron chi connectivity index (χ4n) is 2.05. The first-order valence-corrected chi connectivity index (χ1v) is 7.43. The number of phosphoric acid groups is 1. The van der Waals surface area contributed by atoms with Crippen molar-refractivity contribution in [2.24, 2.45) is 10.7 Å². The van der Waals surface area contributed by atoms with Crippen molar-refractivity contribution in [3.63, 3.8) is 0 Å². The number of amides is 2. The number of phosphoric ester groups is 1. The lowest BCUT2D eigenvalue weighted by atomic mass is 10.2. The molecule has 2 aliphatic rings. The third-order valence-electron chi connectivity index (χ3n) is 3.01. The molecule has 0 radical (unpaired) electrons. The molecule has 0 aromatic heterocycles. The molecular formula is C9H15FN3O6P. The van der Waals surface area contributed by atoms with Gasteiger partial charge in [0.15, 0.2) is 6.17 Å². The second-order valence-corrected chi connectivity index (χ2v) is 5.75. The van der Waals surface area contributed by atoms with Crippen molar-refractivity contribution in [2.45, 2.75) is 31.3 Å². The van der Waals surface area contributed by atoms with Crippen LogP contribution in [0.25, 0.3) is 0 Å². The zero-order chi connectivity index (χ0) is 14.9. The van der Waals surface area contributed by atoms with Gasteiger partial charge in [-0.3, -0.25) is 9.42 Å². The number of hydrogen-bond donors (Lipinski definition) is 3. The van der Waals surface area contributed by atoms with Crippen LogP contribution in [-0.2, 0) is 13.8 Å². The van der Waals surface area contributed by atoms with Crippen LogP contribution in [0.3, 0.4) is 0 Å². The normalized spacial score (nSPS) is 31.6. The van der Waals surface area contributed by atoms with Crippen LogP contribution in [-0.4, -0.2) is 58.2 Å². The molecule has 4 N–H and O–H groups in total. The summed E-state index contributed by atoms with van der Waals surface area (Å²) in [5.74, 6) is -0.356. The summed E-state index contributed by atoms with van der Waals surface area (Å²) < 4.78 is 33.7. The van der Waals surface area contributed by atoms with Crippen LogP contribution in [0, 0.1) is 0 Å². The predicted octanol–water partition coefficient (Wildman–Crippen LogP) is -0.268. The Balaban J connectivity index is 1.90. The predicted molar refractivity (Wildman–Crippen MR) is 64.5 cm³/mol. The van der Waals surface area contributed by atoms with Crippen LogP contribution in [0.15, 0.2) is 4.99 Å². The minimum Gasteiger partial charge on any atom is -0.384 e. The Bertz CT molecular complexity index is 469. The summed E-state index contributed by atoms with van der Waals surface area (Å²) >= 11 is 0. The van der Waals surface area contributed by atoms with Gasteiger partial charge in [0.25, 0.3) is 0 Å². The second kappa shape index (κ2) is 5.74. The maximum atomic E-state index is 13.4. The molecule has 2 aliphatic heterocycles. The zero-order valence-corrected chi connectivity index (χ0v) is 11.3. The van der Waals surface area contributed by atoms with E-state index in [1.807, 2.05) is 0 Å². The summed E-state index contributed by atoms with van der Waals surface area (Å²) in [6, 6.07) is -0.682. The summed E-state index contributed by atoms with van der Waals surface area (Å²) in [5, 5.41) is 0. The number of nitrogens with two attached hydrogens (primary N) is 1. The van der Waals surface area contributed by atoms with E-state index in [2.05, 4.69) is 9.52 Å². The summed E-state index contributed by atoms with van der Waals surface area (Å²) in [7, 11) is -4.56. The molecule has 0 aromatic rings. The van der Waals surface area contributed by atoms with Crippen molar-refractivity contribution < 1.29 is 32.8 Å². The van der Waals surface area contributed by atoms with Gasteiger partial charge in [0, 0.05) is 0 Å². The first-order chi connectivity index (χ1) is 9.26. The van der Waals surface area contributed by atoms with Crippen molar-refractivity contribution in [3.8, 4) is 0 Å². The topological polar surface area (TPSA) is 135 Å². The Kier molecular flexibility index (Phi) is 4.40. The molecule has 20 heavy (non-hydrogen) atoms. The molecular weight excluding hydrogens is 296 g/mol. The van der Waals surface area contributed by atoms with Gasteiger partial charge in [0.05, 0.1) is 19.3 Å². The Morgan fingerprint density at radius 2 is 2.25 bits per heavy atom. The van der Waals surface area contributed by atoms with Crippen LogP contribution in [0.2, 0.25) is 0 Å². The van der Waals surface area contributed by atoms with Crippen LogP contribution in [0.5, 0.6) is 0 Å². The molecule has 1 unspecified atom stereocenters. The number of alkyl halides is 1. The lowest BCUT2D eigenvalue weighted by molar-refractivity contribution is -0.0527. The van der Waals surface area contributed by atoms with E-state index < -0.39 is 32.4 Å². The Morgan fingerprint density at radius 3 is 2.90 bits per heavy atom. The lowest BCUT2D eigenvalue weighted by Gasteiger charge is -2.31. The number of hydrogen-bond acceptors (Lipinski definition) is 5. The number of ether oxygens (including phenoxy) is 1. The third-order valence-corrected chi connectivity index (χ3v) is 3.50. The smallest absolute Gasteiger partial charge is 0.384 e. The van der Waals surface area contributed by atoms with E-state index in [1.54, 1.807) is 0 Å². The molecule has 1 fully saturated rings. The van der Waals surface area contributed by atoms with Crippen molar-refractivity contribution in [1.29, 1.82) is 0 Å². The first-order valence-electron chi connectivity index (χ1n) is 5.90. The van der Waals surface area contributed by atoms with Gasteiger partial charge in [0.1, 0.15) is 12.1 Å². The van der Waals surface area contributed by atoms with Gasteiger partial charge in [-0.2, -0.15) is 4.99 Å². The average Bonchev–Trinajstić information content (AvgIpc) is 2.79. The lowest BCUT2D eigenvalue weighted by Crippen LogP contribution is -2.50. The minimum absolute atomic E-state index is 0.245. The molecule has 0 bridgehead atoms. The maximum Gasteiger partial charge on any atom is 0.469 e. The summed E-state index contributed by atoms with van der Waals surface area (Å²) in [6.45, 7) is -0.543. The van der Waals surface area contributed by atoms with Gasteiger partial charge in [-0.05, 0) is 12.8 Å². The highest BCUT2D eigenvalue weighted by molar-refractivity contribution is 7.46. The number of amidine groups is 1. The number of carbonyl (C=O) groups excluding carboxylic acids is 1. The number of rotatable bonds is 4. The molecule has 0 spiro atoms. The van der Waals surface area contributed by atoms with Gasteiger partial charge < -0.3 is 20.3 Å². The number of urea groups is 1. The Labute approximate surface area is 113 Å². The molecule has 0 aromatic carbocycles. The van der Waals surface area contributed by atoms with E-state index in [-0.39, 0.29) is 19.0 Å². The third kappa shape index (κ3) is 3.74. The quantitative estimate of drug-likeness (QED) is 0.608. The molecule has 2 amide bonds. The van der Waals surface area contributed by atoms with Gasteiger partial charge in [0.2, 0.25) is 0 Å². The SMILES string of the molecule is NC1=NC(=O)N([C@@H]2CC[C@H](COP(=O)(O)O)O2)CC1F. The van der Waals surface area contributed by atoms with Crippen molar-refractivity contribution >= 4 is 19.7 Å². The number of carbonyl (C=O) groups is 1. The largest absolute Gasteiger partial charge is 0.469 e.